The number of hydrogen-bond donors (Lipinski definition) is 0. The first-order valence-corrected chi connectivity index (χ1v) is 7.29. The van der Waals surface area contributed by atoms with Gasteiger partial charge >= 0.3 is 0 Å². The van der Waals surface area contributed by atoms with Gasteiger partial charge in [-0.15, -0.1) is 0 Å². The molecule has 0 heterocycles. The fourth-order valence-electron chi connectivity index (χ4n) is 2.63. The van der Waals surface area contributed by atoms with E-state index in [2.05, 4.69) is 0 Å². The van der Waals surface area contributed by atoms with Crippen LogP contribution in [-0.4, -0.2) is 10.5 Å². The Balaban J connectivity index is 2.10. The van der Waals surface area contributed by atoms with Gasteiger partial charge in [0.2, 0.25) is 5.54 Å². The molecule has 110 valence electrons. The summed E-state index contributed by atoms with van der Waals surface area (Å²) in [5.41, 5.74) is 1.22. The smallest absolute Gasteiger partial charge is 0.244 e. The Labute approximate surface area is 125 Å². The van der Waals surface area contributed by atoms with Gasteiger partial charge in [0.1, 0.15) is 0 Å². The molecule has 0 fully saturated rings. The van der Waals surface area contributed by atoms with E-state index >= 15 is 0 Å². The minimum absolute atomic E-state index is 0.141. The number of nitro groups is 1. The van der Waals surface area contributed by atoms with E-state index in [9.17, 15) is 10.1 Å². The Bertz CT molecular complexity index is 584. The standard InChI is InChI=1S/C18H21NO2/c1-15(2)14-18(19(20)21)12-10-17(11-13-18)9-8-16-6-4-3-5-7-16/h3-12,15H,13-14H2,1-2H3/b9-8+. The average molecular weight is 283 g/mol. The second-order valence-electron chi connectivity index (χ2n) is 5.94. The van der Waals surface area contributed by atoms with Crippen LogP contribution in [0.1, 0.15) is 32.3 Å². The average Bonchev–Trinajstić information content (AvgIpc) is 2.47. The SMILES string of the molecule is CC(C)CC1([N+](=O)[O-])C=CC(/C=C/c2ccccc2)=CC1. The van der Waals surface area contributed by atoms with Gasteiger partial charge in [-0.05, 0) is 23.1 Å². The summed E-state index contributed by atoms with van der Waals surface area (Å²) < 4.78 is 0. The van der Waals surface area contributed by atoms with Gasteiger partial charge in [-0.3, -0.25) is 10.1 Å². The van der Waals surface area contributed by atoms with Gasteiger partial charge in [0.25, 0.3) is 0 Å². The molecule has 0 amide bonds. The van der Waals surface area contributed by atoms with Crippen molar-refractivity contribution in [2.24, 2.45) is 5.92 Å². The molecule has 1 aliphatic rings. The van der Waals surface area contributed by atoms with E-state index < -0.39 is 5.54 Å². The number of nitrogens with zero attached hydrogens (tertiary/aromatic N) is 1. The fourth-order valence-corrected chi connectivity index (χ4v) is 2.63. The van der Waals surface area contributed by atoms with E-state index in [-0.39, 0.29) is 4.92 Å². The highest BCUT2D eigenvalue weighted by molar-refractivity contribution is 5.55. The van der Waals surface area contributed by atoms with E-state index in [0.717, 1.165) is 11.1 Å². The maximum atomic E-state index is 11.4. The van der Waals surface area contributed by atoms with E-state index in [1.165, 1.54) is 0 Å². The Kier molecular flexibility index (Phi) is 4.73. The summed E-state index contributed by atoms with van der Waals surface area (Å²) in [5.74, 6) is 0.301. The third kappa shape index (κ3) is 3.91. The lowest BCUT2D eigenvalue weighted by atomic mass is 9.82. The summed E-state index contributed by atoms with van der Waals surface area (Å²) in [6.07, 6.45) is 10.7. The molecule has 0 radical (unpaired) electrons. The summed E-state index contributed by atoms with van der Waals surface area (Å²) in [4.78, 5) is 11.3. The first-order chi connectivity index (χ1) is 10.0. The van der Waals surface area contributed by atoms with Crippen LogP contribution < -0.4 is 0 Å². The molecule has 3 heteroatoms. The van der Waals surface area contributed by atoms with Crippen LogP contribution in [0.25, 0.3) is 6.08 Å². The molecule has 0 spiro atoms. The van der Waals surface area contributed by atoms with Crippen molar-refractivity contribution in [1.82, 2.24) is 0 Å². The van der Waals surface area contributed by atoms with Gasteiger partial charge in [0.15, 0.2) is 0 Å². The van der Waals surface area contributed by atoms with Crippen molar-refractivity contribution in [1.29, 1.82) is 0 Å². The Morgan fingerprint density at radius 3 is 2.52 bits per heavy atom. The van der Waals surface area contributed by atoms with E-state index in [1.807, 2.05) is 68.5 Å². The summed E-state index contributed by atoms with van der Waals surface area (Å²) in [7, 11) is 0. The molecule has 0 bridgehead atoms. The third-order valence-corrected chi connectivity index (χ3v) is 3.67. The van der Waals surface area contributed by atoms with Crippen molar-refractivity contribution >= 4 is 6.08 Å². The number of benzene rings is 1. The first-order valence-electron chi connectivity index (χ1n) is 7.29. The van der Waals surface area contributed by atoms with E-state index in [0.29, 0.717) is 18.8 Å². The maximum absolute atomic E-state index is 11.4. The lowest BCUT2D eigenvalue weighted by molar-refractivity contribution is -0.557. The van der Waals surface area contributed by atoms with Crippen LogP contribution in [0.5, 0.6) is 0 Å². The predicted molar refractivity (Wildman–Crippen MR) is 86.5 cm³/mol. The largest absolute Gasteiger partial charge is 0.264 e. The van der Waals surface area contributed by atoms with E-state index in [4.69, 9.17) is 0 Å². The normalized spacial score (nSPS) is 21.8. The van der Waals surface area contributed by atoms with E-state index in [1.54, 1.807) is 6.08 Å². The molecule has 1 aromatic rings. The molecule has 0 saturated carbocycles. The fraction of sp³-hybridized carbons (Fsp3) is 0.333. The van der Waals surface area contributed by atoms with Crippen molar-refractivity contribution in [3.63, 3.8) is 0 Å². The Morgan fingerprint density at radius 1 is 1.29 bits per heavy atom. The number of allylic oxidation sites excluding steroid dienone is 3. The van der Waals surface area contributed by atoms with Gasteiger partial charge in [-0.1, -0.05) is 68.5 Å². The van der Waals surface area contributed by atoms with Crippen molar-refractivity contribution in [3.05, 3.63) is 75.9 Å². The molecule has 2 rings (SSSR count). The molecule has 1 aromatic carbocycles. The third-order valence-electron chi connectivity index (χ3n) is 3.67. The van der Waals surface area contributed by atoms with Crippen LogP contribution in [0, 0.1) is 16.0 Å². The minimum atomic E-state index is -0.932. The highest BCUT2D eigenvalue weighted by Gasteiger charge is 2.40. The van der Waals surface area contributed by atoms with Crippen molar-refractivity contribution in [3.8, 4) is 0 Å². The monoisotopic (exact) mass is 283 g/mol. The highest BCUT2D eigenvalue weighted by atomic mass is 16.6. The Hall–Kier alpha value is -2.16. The maximum Gasteiger partial charge on any atom is 0.244 e. The molecule has 1 unspecified atom stereocenters. The van der Waals surface area contributed by atoms with Crippen LogP contribution in [0.3, 0.4) is 0 Å². The zero-order valence-electron chi connectivity index (χ0n) is 12.5. The van der Waals surface area contributed by atoms with Gasteiger partial charge in [-0.2, -0.15) is 0 Å². The molecular weight excluding hydrogens is 262 g/mol. The van der Waals surface area contributed by atoms with Crippen LogP contribution in [-0.2, 0) is 0 Å². The second-order valence-corrected chi connectivity index (χ2v) is 5.94. The van der Waals surface area contributed by atoms with Crippen LogP contribution in [0.15, 0.2) is 60.2 Å². The van der Waals surface area contributed by atoms with Crippen LogP contribution in [0.2, 0.25) is 0 Å². The number of rotatable bonds is 5. The van der Waals surface area contributed by atoms with Gasteiger partial charge < -0.3 is 0 Å². The molecule has 0 aliphatic heterocycles. The number of hydrogen-bond acceptors (Lipinski definition) is 2. The summed E-state index contributed by atoms with van der Waals surface area (Å²) in [6.45, 7) is 4.04. The lowest BCUT2D eigenvalue weighted by Crippen LogP contribution is -2.38. The summed E-state index contributed by atoms with van der Waals surface area (Å²) in [5, 5.41) is 11.4. The zero-order valence-corrected chi connectivity index (χ0v) is 12.5. The molecule has 1 aliphatic carbocycles. The quantitative estimate of drug-likeness (QED) is 0.583. The minimum Gasteiger partial charge on any atom is -0.264 e. The molecular formula is C18H21NO2. The second kappa shape index (κ2) is 6.53. The van der Waals surface area contributed by atoms with Crippen LogP contribution in [0.4, 0.5) is 0 Å². The molecule has 0 saturated heterocycles. The van der Waals surface area contributed by atoms with Gasteiger partial charge in [0.05, 0.1) is 0 Å². The highest BCUT2D eigenvalue weighted by Crippen LogP contribution is 2.31. The van der Waals surface area contributed by atoms with Crippen molar-refractivity contribution in [2.75, 3.05) is 0 Å². The molecule has 3 nitrogen and oxygen atoms in total. The molecule has 0 aromatic heterocycles. The summed E-state index contributed by atoms with van der Waals surface area (Å²) in [6, 6.07) is 10.0. The molecule has 0 N–H and O–H groups in total. The van der Waals surface area contributed by atoms with Crippen molar-refractivity contribution < 1.29 is 4.92 Å². The Morgan fingerprint density at radius 2 is 2.00 bits per heavy atom. The molecule has 1 atom stereocenters. The lowest BCUT2D eigenvalue weighted by Gasteiger charge is -2.25. The first kappa shape index (κ1) is 15.2. The van der Waals surface area contributed by atoms with Gasteiger partial charge in [-0.25, -0.2) is 0 Å². The summed E-state index contributed by atoms with van der Waals surface area (Å²) >= 11 is 0. The molecule has 21 heavy (non-hydrogen) atoms. The van der Waals surface area contributed by atoms with Crippen molar-refractivity contribution in [2.45, 2.75) is 32.2 Å². The predicted octanol–water partition coefficient (Wildman–Crippen LogP) is 4.65. The van der Waals surface area contributed by atoms with Gasteiger partial charge in [0, 0.05) is 17.8 Å². The topological polar surface area (TPSA) is 43.1 Å². The zero-order chi connectivity index (χ0) is 15.3. The van der Waals surface area contributed by atoms with Crippen LogP contribution >= 0.6 is 0 Å².